The summed E-state index contributed by atoms with van der Waals surface area (Å²) in [6.45, 7) is 2.23. The van der Waals surface area contributed by atoms with Crippen LogP contribution in [0.4, 0.5) is 0 Å². The summed E-state index contributed by atoms with van der Waals surface area (Å²) < 4.78 is 10.5. The van der Waals surface area contributed by atoms with Crippen molar-refractivity contribution in [2.24, 2.45) is 0 Å². The molecule has 0 bridgehead atoms. The van der Waals surface area contributed by atoms with Gasteiger partial charge >= 0.3 is 11.9 Å². The molecule has 4 nitrogen and oxygen atoms in total. The quantitative estimate of drug-likeness (QED) is 0.362. The Morgan fingerprint density at radius 2 is 1.44 bits per heavy atom. The second-order valence-electron chi connectivity index (χ2n) is 5.81. The van der Waals surface area contributed by atoms with Crippen LogP contribution in [0, 0.1) is 0 Å². The number of ether oxygens (including phenoxy) is 2. The number of hydrogen-bond donors (Lipinski definition) is 0. The van der Waals surface area contributed by atoms with E-state index in [0.29, 0.717) is 27.2 Å². The van der Waals surface area contributed by atoms with Gasteiger partial charge in [0.2, 0.25) is 0 Å². The average Bonchev–Trinajstić information content (AvgIpc) is 2.64. The predicted molar refractivity (Wildman–Crippen MR) is 107 cm³/mol. The van der Waals surface area contributed by atoms with Gasteiger partial charge in [0.1, 0.15) is 6.61 Å². The van der Waals surface area contributed by atoms with Crippen molar-refractivity contribution in [2.75, 3.05) is 6.61 Å². The SMILES string of the molecule is CCCCCOC(=O)c1ccccc1C(=O)OCc1c(Cl)cc(Cl)cc1Cl. The number of carbonyl (C=O) groups excluding carboxylic acids is 2. The number of esters is 2. The highest BCUT2D eigenvalue weighted by molar-refractivity contribution is 6.39. The first kappa shape index (κ1) is 21.5. The van der Waals surface area contributed by atoms with Crippen molar-refractivity contribution in [3.05, 3.63) is 68.2 Å². The lowest BCUT2D eigenvalue weighted by Crippen LogP contribution is -2.14. The fraction of sp³-hybridized carbons (Fsp3) is 0.300. The Kier molecular flexibility index (Phi) is 8.42. The average molecular weight is 430 g/mol. The van der Waals surface area contributed by atoms with Crippen LogP contribution >= 0.6 is 34.8 Å². The van der Waals surface area contributed by atoms with Crippen molar-refractivity contribution >= 4 is 46.7 Å². The van der Waals surface area contributed by atoms with E-state index in [1.54, 1.807) is 12.1 Å². The van der Waals surface area contributed by atoms with Crippen LogP contribution in [-0.2, 0) is 16.1 Å². The molecular formula is C20H19Cl3O4. The first-order valence-corrected chi connectivity index (χ1v) is 9.64. The zero-order valence-electron chi connectivity index (χ0n) is 14.8. The lowest BCUT2D eigenvalue weighted by atomic mass is 10.1. The van der Waals surface area contributed by atoms with Crippen LogP contribution in [0.2, 0.25) is 15.1 Å². The van der Waals surface area contributed by atoms with E-state index < -0.39 is 11.9 Å². The number of unbranched alkanes of at least 4 members (excludes halogenated alkanes) is 2. The van der Waals surface area contributed by atoms with Crippen LogP contribution in [-0.4, -0.2) is 18.5 Å². The van der Waals surface area contributed by atoms with Gasteiger partial charge in [-0.05, 0) is 30.7 Å². The molecule has 0 aliphatic heterocycles. The minimum atomic E-state index is -0.668. The third-order valence-corrected chi connectivity index (χ3v) is 4.69. The molecule has 27 heavy (non-hydrogen) atoms. The minimum Gasteiger partial charge on any atom is -0.462 e. The molecule has 0 heterocycles. The normalized spacial score (nSPS) is 10.5. The van der Waals surface area contributed by atoms with E-state index in [1.165, 1.54) is 24.3 Å². The van der Waals surface area contributed by atoms with Gasteiger partial charge in [-0.1, -0.05) is 66.7 Å². The molecule has 2 aromatic carbocycles. The standard InChI is InChI=1S/C20H19Cl3O4/c1-2-3-6-9-26-19(24)14-7-4-5-8-15(14)20(25)27-12-16-17(22)10-13(21)11-18(16)23/h4-5,7-8,10-11H,2-3,6,9,12H2,1H3. The van der Waals surface area contributed by atoms with Crippen LogP contribution in [0.3, 0.4) is 0 Å². The van der Waals surface area contributed by atoms with E-state index in [4.69, 9.17) is 44.3 Å². The van der Waals surface area contributed by atoms with E-state index in [1.807, 2.05) is 0 Å². The van der Waals surface area contributed by atoms with Gasteiger partial charge in [-0.15, -0.1) is 0 Å². The number of benzene rings is 2. The number of rotatable bonds is 8. The Hall–Kier alpha value is -1.75. The molecule has 0 spiro atoms. The zero-order valence-corrected chi connectivity index (χ0v) is 17.0. The maximum absolute atomic E-state index is 12.5. The molecule has 0 amide bonds. The summed E-state index contributed by atoms with van der Waals surface area (Å²) in [6, 6.07) is 9.37. The van der Waals surface area contributed by atoms with Gasteiger partial charge in [-0.2, -0.15) is 0 Å². The van der Waals surface area contributed by atoms with Gasteiger partial charge in [0, 0.05) is 10.6 Å². The highest BCUT2D eigenvalue weighted by atomic mass is 35.5. The Balaban J connectivity index is 2.08. The summed E-state index contributed by atoms with van der Waals surface area (Å²) in [6.07, 6.45) is 2.78. The van der Waals surface area contributed by atoms with Gasteiger partial charge < -0.3 is 9.47 Å². The summed E-state index contributed by atoms with van der Waals surface area (Å²) in [7, 11) is 0. The van der Waals surface area contributed by atoms with Crippen molar-refractivity contribution in [2.45, 2.75) is 32.8 Å². The molecule has 7 heteroatoms. The molecule has 0 N–H and O–H groups in total. The topological polar surface area (TPSA) is 52.6 Å². The molecule has 0 atom stereocenters. The summed E-state index contributed by atoms with van der Waals surface area (Å²) in [4.78, 5) is 24.7. The largest absolute Gasteiger partial charge is 0.462 e. The Morgan fingerprint density at radius 1 is 0.889 bits per heavy atom. The Labute approximate surface area is 173 Å². The minimum absolute atomic E-state index is 0.124. The van der Waals surface area contributed by atoms with Crippen molar-refractivity contribution in [3.63, 3.8) is 0 Å². The molecule has 0 saturated heterocycles. The summed E-state index contributed by atoms with van der Waals surface area (Å²) >= 11 is 18.1. The van der Waals surface area contributed by atoms with Crippen LogP contribution in [0.5, 0.6) is 0 Å². The molecule has 0 aliphatic carbocycles. The highest BCUT2D eigenvalue weighted by Gasteiger charge is 2.20. The molecule has 0 unspecified atom stereocenters. The van der Waals surface area contributed by atoms with Crippen LogP contribution in [0.25, 0.3) is 0 Å². The van der Waals surface area contributed by atoms with Crippen LogP contribution in [0.1, 0.15) is 52.5 Å². The number of carbonyl (C=O) groups is 2. The van der Waals surface area contributed by atoms with E-state index in [2.05, 4.69) is 6.92 Å². The smallest absolute Gasteiger partial charge is 0.339 e. The second kappa shape index (κ2) is 10.5. The number of halogens is 3. The predicted octanol–water partition coefficient (Wildman–Crippen LogP) is 6.35. The van der Waals surface area contributed by atoms with Gasteiger partial charge in [-0.25, -0.2) is 9.59 Å². The molecule has 0 aromatic heterocycles. The first-order valence-electron chi connectivity index (χ1n) is 8.50. The highest BCUT2D eigenvalue weighted by Crippen LogP contribution is 2.29. The van der Waals surface area contributed by atoms with Crippen LogP contribution in [0.15, 0.2) is 36.4 Å². The first-order chi connectivity index (χ1) is 12.9. The van der Waals surface area contributed by atoms with Gasteiger partial charge in [-0.3, -0.25) is 0 Å². The third kappa shape index (κ3) is 6.13. The second-order valence-corrected chi connectivity index (χ2v) is 7.06. The molecule has 2 rings (SSSR count). The van der Waals surface area contributed by atoms with Gasteiger partial charge in [0.05, 0.1) is 27.8 Å². The molecule has 0 fully saturated rings. The van der Waals surface area contributed by atoms with E-state index in [-0.39, 0.29) is 17.7 Å². The molecule has 0 aliphatic rings. The van der Waals surface area contributed by atoms with Crippen molar-refractivity contribution < 1.29 is 19.1 Å². The van der Waals surface area contributed by atoms with Crippen molar-refractivity contribution in [1.82, 2.24) is 0 Å². The maximum Gasteiger partial charge on any atom is 0.339 e. The molecule has 2 aromatic rings. The van der Waals surface area contributed by atoms with Crippen LogP contribution < -0.4 is 0 Å². The number of hydrogen-bond acceptors (Lipinski definition) is 4. The van der Waals surface area contributed by atoms with Gasteiger partial charge in [0.15, 0.2) is 0 Å². The van der Waals surface area contributed by atoms with E-state index in [0.717, 1.165) is 19.3 Å². The molecule has 144 valence electrons. The van der Waals surface area contributed by atoms with E-state index >= 15 is 0 Å². The summed E-state index contributed by atoms with van der Waals surface area (Å²) in [5.74, 6) is -1.22. The molecule has 0 radical (unpaired) electrons. The third-order valence-electron chi connectivity index (χ3n) is 3.80. The maximum atomic E-state index is 12.5. The summed E-state index contributed by atoms with van der Waals surface area (Å²) in [5.41, 5.74) is 0.724. The lowest BCUT2D eigenvalue weighted by molar-refractivity contribution is 0.0436. The van der Waals surface area contributed by atoms with Crippen molar-refractivity contribution in [3.8, 4) is 0 Å². The fourth-order valence-corrected chi connectivity index (χ4v) is 3.29. The molecular weight excluding hydrogens is 411 g/mol. The lowest BCUT2D eigenvalue weighted by Gasteiger charge is -2.11. The molecule has 0 saturated carbocycles. The Bertz CT molecular complexity index is 798. The monoisotopic (exact) mass is 428 g/mol. The fourth-order valence-electron chi connectivity index (χ4n) is 2.36. The van der Waals surface area contributed by atoms with Crippen molar-refractivity contribution in [1.29, 1.82) is 0 Å². The Morgan fingerprint density at radius 3 is 2.00 bits per heavy atom. The zero-order chi connectivity index (χ0) is 19.8. The van der Waals surface area contributed by atoms with Gasteiger partial charge in [0.25, 0.3) is 0 Å². The summed E-state index contributed by atoms with van der Waals surface area (Å²) in [5, 5.41) is 0.976. The van der Waals surface area contributed by atoms with E-state index in [9.17, 15) is 9.59 Å².